The molecular weight excluding hydrogens is 276 g/mol. The second-order valence-electron chi connectivity index (χ2n) is 8.66. The summed E-state index contributed by atoms with van der Waals surface area (Å²) in [7, 11) is 0. The minimum Gasteiger partial charge on any atom is -0.444 e. The van der Waals surface area contributed by atoms with E-state index in [4.69, 9.17) is 4.74 Å². The molecule has 0 aromatic heterocycles. The van der Waals surface area contributed by atoms with E-state index in [9.17, 15) is 4.79 Å². The normalized spacial score (nSPS) is 30.7. The van der Waals surface area contributed by atoms with Crippen LogP contribution in [-0.4, -0.2) is 41.8 Å². The van der Waals surface area contributed by atoms with Gasteiger partial charge in [0.15, 0.2) is 0 Å². The van der Waals surface area contributed by atoms with Crippen molar-refractivity contribution in [2.75, 3.05) is 13.1 Å². The van der Waals surface area contributed by atoms with Crippen LogP contribution in [-0.2, 0) is 4.74 Å². The Morgan fingerprint density at radius 3 is 2.41 bits per heavy atom. The van der Waals surface area contributed by atoms with Crippen molar-refractivity contribution in [2.24, 2.45) is 11.8 Å². The number of rotatable bonds is 4. The molecule has 126 valence electrons. The third-order valence-electron chi connectivity index (χ3n) is 5.24. The van der Waals surface area contributed by atoms with E-state index in [1.807, 2.05) is 20.8 Å². The van der Waals surface area contributed by atoms with Gasteiger partial charge in [0.2, 0.25) is 0 Å². The predicted octanol–water partition coefficient (Wildman–Crippen LogP) is 3.55. The summed E-state index contributed by atoms with van der Waals surface area (Å²) in [5.74, 6) is 1.72. The lowest BCUT2D eigenvalue weighted by Gasteiger charge is -2.45. The summed E-state index contributed by atoms with van der Waals surface area (Å²) in [5.41, 5.74) is -0.417. The molecule has 1 heterocycles. The minimum atomic E-state index is -0.417. The molecule has 22 heavy (non-hydrogen) atoms. The maximum atomic E-state index is 12.1. The first-order chi connectivity index (χ1) is 10.4. The Hall–Kier alpha value is -0.770. The molecule has 2 saturated carbocycles. The molecule has 1 amide bonds. The van der Waals surface area contributed by atoms with Crippen molar-refractivity contribution < 1.29 is 9.53 Å². The molecule has 0 spiro atoms. The largest absolute Gasteiger partial charge is 0.444 e. The number of nitrogens with zero attached hydrogens (tertiary/aromatic N) is 1. The highest BCUT2D eigenvalue weighted by molar-refractivity contribution is 5.68. The molecule has 1 aliphatic heterocycles. The van der Waals surface area contributed by atoms with E-state index in [-0.39, 0.29) is 12.1 Å². The zero-order valence-electron chi connectivity index (χ0n) is 14.4. The molecule has 3 fully saturated rings. The average Bonchev–Trinajstić information content (AvgIpc) is 3.07. The van der Waals surface area contributed by atoms with E-state index in [2.05, 4.69) is 10.2 Å². The van der Waals surface area contributed by atoms with E-state index >= 15 is 0 Å². The number of carbonyl (C=O) groups is 1. The molecular formula is C18H32N2O2. The number of amides is 1. The van der Waals surface area contributed by atoms with Crippen LogP contribution in [0.25, 0.3) is 0 Å². The second kappa shape index (κ2) is 6.38. The summed E-state index contributed by atoms with van der Waals surface area (Å²) in [6, 6.07) is 1.03. The fraction of sp³-hybridized carbons (Fsp3) is 0.944. The molecule has 3 rings (SSSR count). The van der Waals surface area contributed by atoms with E-state index in [0.29, 0.717) is 0 Å². The Kier molecular flexibility index (Phi) is 4.67. The summed E-state index contributed by atoms with van der Waals surface area (Å²) in [6.07, 6.45) is 9.13. The van der Waals surface area contributed by atoms with Gasteiger partial charge in [0, 0.05) is 25.2 Å². The van der Waals surface area contributed by atoms with Gasteiger partial charge >= 0.3 is 6.09 Å². The molecule has 4 heteroatoms. The van der Waals surface area contributed by atoms with Crippen LogP contribution < -0.4 is 5.32 Å². The fourth-order valence-electron chi connectivity index (χ4n) is 3.87. The van der Waals surface area contributed by atoms with Gasteiger partial charge in [-0.25, -0.2) is 4.79 Å². The molecule has 4 nitrogen and oxygen atoms in total. The first-order valence-electron chi connectivity index (χ1n) is 9.12. The Labute approximate surface area is 135 Å². The monoisotopic (exact) mass is 308 g/mol. The van der Waals surface area contributed by atoms with Crippen LogP contribution in [0, 0.1) is 11.8 Å². The summed E-state index contributed by atoms with van der Waals surface area (Å²) in [6.45, 7) is 8.01. The van der Waals surface area contributed by atoms with Gasteiger partial charge in [-0.15, -0.1) is 0 Å². The van der Waals surface area contributed by atoms with Crippen molar-refractivity contribution >= 4 is 6.09 Å². The summed E-state index contributed by atoms with van der Waals surface area (Å²) < 4.78 is 5.44. The fourth-order valence-corrected chi connectivity index (χ4v) is 3.87. The molecule has 0 radical (unpaired) electrons. The topological polar surface area (TPSA) is 41.6 Å². The number of alkyl carbamates (subject to hydrolysis) is 1. The van der Waals surface area contributed by atoms with Crippen molar-refractivity contribution in [2.45, 2.75) is 83.4 Å². The van der Waals surface area contributed by atoms with Crippen molar-refractivity contribution in [1.82, 2.24) is 10.2 Å². The summed E-state index contributed by atoms with van der Waals surface area (Å²) in [5, 5.41) is 3.13. The molecule has 1 saturated heterocycles. The van der Waals surface area contributed by atoms with E-state index < -0.39 is 5.60 Å². The van der Waals surface area contributed by atoms with Crippen LogP contribution in [0.4, 0.5) is 4.79 Å². The quantitative estimate of drug-likeness (QED) is 0.863. The van der Waals surface area contributed by atoms with Crippen LogP contribution in [0.1, 0.15) is 65.7 Å². The lowest BCUT2D eigenvalue weighted by molar-refractivity contribution is 0.0321. The number of hydrogen-bond acceptors (Lipinski definition) is 3. The molecule has 0 bridgehead atoms. The lowest BCUT2D eigenvalue weighted by Crippen LogP contribution is -2.55. The zero-order chi connectivity index (χ0) is 15.7. The molecule has 0 aromatic carbocycles. The number of hydrogen-bond donors (Lipinski definition) is 1. The van der Waals surface area contributed by atoms with E-state index in [1.54, 1.807) is 0 Å². The molecule has 2 atom stereocenters. The third-order valence-corrected chi connectivity index (χ3v) is 5.24. The number of ether oxygens (including phenoxy) is 1. The van der Waals surface area contributed by atoms with Crippen molar-refractivity contribution in [1.29, 1.82) is 0 Å². The lowest BCUT2D eigenvalue weighted by atomic mass is 9.84. The highest BCUT2D eigenvalue weighted by atomic mass is 16.6. The van der Waals surface area contributed by atoms with E-state index in [1.165, 1.54) is 45.1 Å². The smallest absolute Gasteiger partial charge is 0.407 e. The average molecular weight is 308 g/mol. The van der Waals surface area contributed by atoms with Crippen LogP contribution in [0.2, 0.25) is 0 Å². The van der Waals surface area contributed by atoms with Crippen molar-refractivity contribution in [3.8, 4) is 0 Å². The Bertz CT molecular complexity index is 396. The zero-order valence-corrected chi connectivity index (χ0v) is 14.4. The second-order valence-corrected chi connectivity index (χ2v) is 8.66. The molecule has 2 unspecified atom stereocenters. The Morgan fingerprint density at radius 2 is 1.86 bits per heavy atom. The van der Waals surface area contributed by atoms with Crippen LogP contribution in [0.3, 0.4) is 0 Å². The Morgan fingerprint density at radius 1 is 1.14 bits per heavy atom. The van der Waals surface area contributed by atoms with E-state index in [0.717, 1.165) is 30.8 Å². The van der Waals surface area contributed by atoms with Gasteiger partial charge in [0.1, 0.15) is 5.60 Å². The first kappa shape index (κ1) is 16.1. The molecule has 0 aromatic rings. The summed E-state index contributed by atoms with van der Waals surface area (Å²) in [4.78, 5) is 14.7. The molecule has 3 aliphatic rings. The van der Waals surface area contributed by atoms with Gasteiger partial charge in [-0.05, 0) is 58.3 Å². The Balaban J connectivity index is 1.54. The standard InChI is InChI=1S/C18H32N2O2/c1-18(2,3)22-17(21)19-15-10-14(9-13-7-8-13)11-20(12-15)16-5-4-6-16/h13-16H,4-12H2,1-3H3,(H,19,21). The van der Waals surface area contributed by atoms with Crippen molar-refractivity contribution in [3.05, 3.63) is 0 Å². The highest BCUT2D eigenvalue weighted by Gasteiger charge is 2.37. The van der Waals surface area contributed by atoms with Crippen LogP contribution >= 0.6 is 0 Å². The molecule has 1 N–H and O–H groups in total. The number of nitrogens with one attached hydrogen (secondary N) is 1. The first-order valence-corrected chi connectivity index (χ1v) is 9.12. The highest BCUT2D eigenvalue weighted by Crippen LogP contribution is 2.39. The number of carbonyl (C=O) groups excluding carboxylic acids is 1. The number of likely N-dealkylation sites (tertiary alicyclic amines) is 1. The maximum absolute atomic E-state index is 12.1. The van der Waals surface area contributed by atoms with Gasteiger partial charge in [-0.1, -0.05) is 19.3 Å². The van der Waals surface area contributed by atoms with Crippen molar-refractivity contribution in [3.63, 3.8) is 0 Å². The van der Waals surface area contributed by atoms with Gasteiger partial charge in [0.25, 0.3) is 0 Å². The number of piperidine rings is 1. The predicted molar refractivity (Wildman–Crippen MR) is 87.8 cm³/mol. The third kappa shape index (κ3) is 4.61. The van der Waals surface area contributed by atoms with Gasteiger partial charge in [-0.3, -0.25) is 4.90 Å². The van der Waals surface area contributed by atoms with Gasteiger partial charge < -0.3 is 10.1 Å². The van der Waals surface area contributed by atoms with Crippen LogP contribution in [0.15, 0.2) is 0 Å². The SMILES string of the molecule is CC(C)(C)OC(=O)NC1CC(CC2CC2)CN(C2CCC2)C1. The van der Waals surface area contributed by atoms with Crippen LogP contribution in [0.5, 0.6) is 0 Å². The van der Waals surface area contributed by atoms with Gasteiger partial charge in [0.05, 0.1) is 0 Å². The maximum Gasteiger partial charge on any atom is 0.407 e. The van der Waals surface area contributed by atoms with Gasteiger partial charge in [-0.2, -0.15) is 0 Å². The molecule has 2 aliphatic carbocycles. The summed E-state index contributed by atoms with van der Waals surface area (Å²) >= 11 is 0. The minimum absolute atomic E-state index is 0.252.